The summed E-state index contributed by atoms with van der Waals surface area (Å²) in [6, 6.07) is 0. The predicted octanol–water partition coefficient (Wildman–Crippen LogP) is 4.56. The number of hydrogen-bond acceptors (Lipinski definition) is 7. The van der Waals surface area contributed by atoms with Crippen LogP contribution in [0.15, 0.2) is 48.6 Å². The molecule has 0 amide bonds. The van der Waals surface area contributed by atoms with E-state index >= 15 is 0 Å². The second-order valence-corrected chi connectivity index (χ2v) is 10.5. The van der Waals surface area contributed by atoms with Gasteiger partial charge in [-0.15, -0.1) is 0 Å². The second kappa shape index (κ2) is 9.26. The second-order valence-electron chi connectivity index (χ2n) is 10.5. The standard InChI is InChI=1S/C28H34O7/c1-2-3-4-5-6-24(31)32-23-19-27(17-15-25(33-27)11-7-21(29)8-12-25)35-28(20-23)18-16-26(34-28)13-9-22(30)10-14-26/h7-14,23H,2-6,15-20H2,1H3/t27-,28-/m0/s1. The molecular formula is C28H34O7. The molecule has 0 bridgehead atoms. The van der Waals surface area contributed by atoms with Crippen molar-refractivity contribution in [2.24, 2.45) is 0 Å². The molecule has 2 aliphatic carbocycles. The lowest BCUT2D eigenvalue weighted by atomic mass is 9.89. The molecule has 5 aliphatic rings. The molecule has 3 saturated heterocycles. The minimum absolute atomic E-state index is 0.0671. The van der Waals surface area contributed by atoms with Gasteiger partial charge < -0.3 is 18.9 Å². The highest BCUT2D eigenvalue weighted by Gasteiger charge is 2.61. The van der Waals surface area contributed by atoms with Crippen molar-refractivity contribution in [3.63, 3.8) is 0 Å². The Labute approximate surface area is 206 Å². The third kappa shape index (κ3) is 5.13. The first kappa shape index (κ1) is 24.3. The number of esters is 1. The van der Waals surface area contributed by atoms with E-state index in [0.29, 0.717) is 44.9 Å². The third-order valence-electron chi connectivity index (χ3n) is 7.65. The molecule has 5 rings (SSSR count). The van der Waals surface area contributed by atoms with Crippen LogP contribution in [0.25, 0.3) is 0 Å². The number of allylic oxidation sites excluding steroid dienone is 4. The van der Waals surface area contributed by atoms with Crippen molar-refractivity contribution in [3.05, 3.63) is 48.6 Å². The van der Waals surface area contributed by atoms with E-state index in [1.807, 2.05) is 0 Å². The number of carbonyl (C=O) groups is 3. The van der Waals surface area contributed by atoms with Crippen LogP contribution in [0.4, 0.5) is 0 Å². The van der Waals surface area contributed by atoms with Gasteiger partial charge in [-0.25, -0.2) is 0 Å². The van der Waals surface area contributed by atoms with Gasteiger partial charge in [0.15, 0.2) is 23.1 Å². The molecule has 0 radical (unpaired) electrons. The Kier molecular flexibility index (Phi) is 6.45. The Morgan fingerprint density at radius 2 is 1.31 bits per heavy atom. The highest BCUT2D eigenvalue weighted by Crippen LogP contribution is 2.55. The largest absolute Gasteiger partial charge is 0.462 e. The van der Waals surface area contributed by atoms with Crippen molar-refractivity contribution in [2.45, 2.75) is 106 Å². The Balaban J connectivity index is 1.35. The molecule has 0 saturated carbocycles. The summed E-state index contributed by atoms with van der Waals surface area (Å²) in [5.41, 5.74) is -1.43. The minimum atomic E-state index is -0.996. The first-order valence-corrected chi connectivity index (χ1v) is 12.9. The highest BCUT2D eigenvalue weighted by molar-refractivity contribution is 6.01. The Morgan fingerprint density at radius 3 is 1.80 bits per heavy atom. The zero-order valence-corrected chi connectivity index (χ0v) is 20.3. The first-order valence-electron chi connectivity index (χ1n) is 12.9. The maximum atomic E-state index is 12.7. The lowest BCUT2D eigenvalue weighted by Gasteiger charge is -2.48. The molecule has 188 valence electrons. The monoisotopic (exact) mass is 482 g/mol. The number of unbranched alkanes of at least 4 members (excludes halogenated alkanes) is 3. The average molecular weight is 483 g/mol. The fourth-order valence-electron chi connectivity index (χ4n) is 5.90. The highest BCUT2D eigenvalue weighted by atomic mass is 16.8. The first-order chi connectivity index (χ1) is 16.8. The molecule has 0 aromatic carbocycles. The number of carbonyl (C=O) groups excluding carboxylic acids is 3. The van der Waals surface area contributed by atoms with Gasteiger partial charge in [-0.3, -0.25) is 14.4 Å². The van der Waals surface area contributed by atoms with Gasteiger partial charge in [0.2, 0.25) is 0 Å². The predicted molar refractivity (Wildman–Crippen MR) is 127 cm³/mol. The molecule has 7 nitrogen and oxygen atoms in total. The molecule has 7 heteroatoms. The van der Waals surface area contributed by atoms with E-state index in [2.05, 4.69) is 6.92 Å². The quantitative estimate of drug-likeness (QED) is 0.405. The van der Waals surface area contributed by atoms with Crippen molar-refractivity contribution in [1.29, 1.82) is 0 Å². The van der Waals surface area contributed by atoms with Crippen molar-refractivity contribution in [1.82, 2.24) is 0 Å². The summed E-state index contributed by atoms with van der Waals surface area (Å²) in [6.45, 7) is 2.14. The summed E-state index contributed by atoms with van der Waals surface area (Å²) in [5.74, 6) is -2.33. The summed E-state index contributed by atoms with van der Waals surface area (Å²) < 4.78 is 25.8. The van der Waals surface area contributed by atoms with Crippen LogP contribution in [0.5, 0.6) is 0 Å². The van der Waals surface area contributed by atoms with E-state index in [9.17, 15) is 14.4 Å². The smallest absolute Gasteiger partial charge is 0.306 e. The van der Waals surface area contributed by atoms with Crippen LogP contribution in [-0.2, 0) is 33.3 Å². The maximum absolute atomic E-state index is 12.7. The third-order valence-corrected chi connectivity index (χ3v) is 7.65. The maximum Gasteiger partial charge on any atom is 0.306 e. The van der Waals surface area contributed by atoms with E-state index in [-0.39, 0.29) is 17.5 Å². The number of rotatable bonds is 6. The molecule has 3 fully saturated rings. The summed E-state index contributed by atoms with van der Waals surface area (Å²) in [5, 5.41) is 0. The molecular weight excluding hydrogens is 448 g/mol. The van der Waals surface area contributed by atoms with E-state index in [1.165, 1.54) is 24.3 Å². The number of hydrogen-bond donors (Lipinski definition) is 0. The molecule has 3 aliphatic heterocycles. The summed E-state index contributed by atoms with van der Waals surface area (Å²) in [7, 11) is 0. The van der Waals surface area contributed by atoms with Gasteiger partial charge in [-0.1, -0.05) is 26.2 Å². The Hall–Kier alpha value is -2.35. The van der Waals surface area contributed by atoms with E-state index in [1.54, 1.807) is 24.3 Å². The fourth-order valence-corrected chi connectivity index (χ4v) is 5.90. The van der Waals surface area contributed by atoms with Crippen LogP contribution >= 0.6 is 0 Å². The summed E-state index contributed by atoms with van der Waals surface area (Å²) in [6.07, 6.45) is 20.6. The van der Waals surface area contributed by atoms with Crippen LogP contribution < -0.4 is 0 Å². The van der Waals surface area contributed by atoms with Gasteiger partial charge in [0, 0.05) is 32.1 Å². The van der Waals surface area contributed by atoms with E-state index < -0.39 is 28.9 Å². The van der Waals surface area contributed by atoms with Gasteiger partial charge >= 0.3 is 5.97 Å². The number of ether oxygens (including phenoxy) is 4. The molecule has 0 N–H and O–H groups in total. The molecule has 4 spiro atoms. The minimum Gasteiger partial charge on any atom is -0.462 e. The van der Waals surface area contributed by atoms with Crippen LogP contribution in [0, 0.1) is 0 Å². The number of ketones is 2. The lowest BCUT2D eigenvalue weighted by Crippen LogP contribution is -2.55. The van der Waals surface area contributed by atoms with Crippen molar-refractivity contribution in [3.8, 4) is 0 Å². The van der Waals surface area contributed by atoms with Gasteiger partial charge in [0.1, 0.15) is 17.3 Å². The fraction of sp³-hybridized carbons (Fsp3) is 0.607. The Bertz CT molecular complexity index is 907. The summed E-state index contributed by atoms with van der Waals surface area (Å²) in [4.78, 5) is 36.1. The SMILES string of the molecule is CCCCCCC(=O)OC1C[C@]2(CCC3(C=CC(=O)C=C3)O2)O[C@@]2(CCC3(C=CC(=O)C=C3)O2)C1. The van der Waals surface area contributed by atoms with Crippen LogP contribution in [0.3, 0.4) is 0 Å². The molecule has 35 heavy (non-hydrogen) atoms. The normalized spacial score (nSPS) is 34.1. The van der Waals surface area contributed by atoms with Crippen molar-refractivity contribution < 1.29 is 33.3 Å². The zero-order chi connectivity index (χ0) is 24.6. The molecule has 0 unspecified atom stereocenters. The molecule has 0 aromatic rings. The van der Waals surface area contributed by atoms with E-state index in [4.69, 9.17) is 18.9 Å². The van der Waals surface area contributed by atoms with Gasteiger partial charge in [-0.05, 0) is 67.9 Å². The Morgan fingerprint density at radius 1 is 0.800 bits per heavy atom. The lowest BCUT2D eigenvalue weighted by molar-refractivity contribution is -0.386. The van der Waals surface area contributed by atoms with Gasteiger partial charge in [0.05, 0.1) is 0 Å². The summed E-state index contributed by atoms with van der Waals surface area (Å²) >= 11 is 0. The van der Waals surface area contributed by atoms with Crippen LogP contribution in [0.1, 0.15) is 77.6 Å². The van der Waals surface area contributed by atoms with E-state index in [0.717, 1.165) is 25.7 Å². The average Bonchev–Trinajstić information content (AvgIpc) is 3.33. The van der Waals surface area contributed by atoms with Gasteiger partial charge in [-0.2, -0.15) is 0 Å². The zero-order valence-electron chi connectivity index (χ0n) is 20.3. The molecule has 0 aromatic heterocycles. The van der Waals surface area contributed by atoms with Crippen molar-refractivity contribution in [2.75, 3.05) is 0 Å². The molecule has 3 heterocycles. The van der Waals surface area contributed by atoms with Gasteiger partial charge in [0.25, 0.3) is 0 Å². The van der Waals surface area contributed by atoms with Crippen LogP contribution in [0.2, 0.25) is 0 Å². The topological polar surface area (TPSA) is 88.1 Å². The van der Waals surface area contributed by atoms with Crippen LogP contribution in [-0.4, -0.2) is 46.4 Å². The van der Waals surface area contributed by atoms with Crippen molar-refractivity contribution >= 4 is 17.5 Å². The molecule has 2 atom stereocenters.